The molecule has 3 nitrogen and oxygen atoms in total. The minimum Gasteiger partial charge on any atom is -0.456 e. The summed E-state index contributed by atoms with van der Waals surface area (Å²) < 4.78 is 20.6. The zero-order chi connectivity index (χ0) is 18.9. The Morgan fingerprint density at radius 2 is 1.86 bits per heavy atom. The van der Waals surface area contributed by atoms with E-state index >= 15 is 0 Å². The highest BCUT2D eigenvalue weighted by atomic mass is 19.1. The smallest absolute Gasteiger partial charge is 0.138 e. The van der Waals surface area contributed by atoms with Gasteiger partial charge < -0.3 is 4.42 Å². The molecule has 0 bridgehead atoms. The number of rotatable bonds is 5. The van der Waals surface area contributed by atoms with E-state index in [1.165, 1.54) is 6.42 Å². The van der Waals surface area contributed by atoms with Crippen molar-refractivity contribution in [2.75, 3.05) is 13.1 Å². The molecule has 1 aliphatic rings. The van der Waals surface area contributed by atoms with Gasteiger partial charge in [-0.2, -0.15) is 0 Å². The van der Waals surface area contributed by atoms with Crippen LogP contribution in [0.1, 0.15) is 23.2 Å². The van der Waals surface area contributed by atoms with Gasteiger partial charge in [0.15, 0.2) is 0 Å². The molecule has 1 saturated heterocycles. The van der Waals surface area contributed by atoms with Gasteiger partial charge in [0, 0.05) is 30.2 Å². The van der Waals surface area contributed by atoms with E-state index in [0.29, 0.717) is 11.3 Å². The van der Waals surface area contributed by atoms with Crippen LogP contribution in [0.5, 0.6) is 0 Å². The Kier molecular flexibility index (Phi) is 4.41. The number of pyridine rings is 1. The predicted molar refractivity (Wildman–Crippen MR) is 109 cm³/mol. The van der Waals surface area contributed by atoms with Crippen LogP contribution in [-0.2, 0) is 13.0 Å². The maximum atomic E-state index is 14.7. The highest BCUT2D eigenvalue weighted by molar-refractivity contribution is 5.83. The molecular weight excluding hydrogens is 351 g/mol. The molecule has 0 amide bonds. The first-order valence-electron chi connectivity index (χ1n) is 9.68. The monoisotopic (exact) mass is 372 g/mol. The van der Waals surface area contributed by atoms with Gasteiger partial charge in [0.1, 0.15) is 17.2 Å². The second kappa shape index (κ2) is 7.21. The third kappa shape index (κ3) is 3.43. The number of hydrogen-bond donors (Lipinski definition) is 0. The van der Waals surface area contributed by atoms with Crippen LogP contribution in [0, 0.1) is 5.82 Å². The van der Waals surface area contributed by atoms with E-state index in [9.17, 15) is 4.39 Å². The molecule has 3 heterocycles. The molecule has 0 unspecified atom stereocenters. The van der Waals surface area contributed by atoms with Gasteiger partial charge in [0.2, 0.25) is 0 Å². The number of nitrogens with zero attached hydrogens (tertiary/aromatic N) is 2. The predicted octanol–water partition coefficient (Wildman–Crippen LogP) is 5.43. The third-order valence-corrected chi connectivity index (χ3v) is 5.35. The van der Waals surface area contributed by atoms with Crippen LogP contribution in [-0.4, -0.2) is 23.0 Å². The number of furan rings is 1. The number of aromatic nitrogens is 1. The second-order valence-corrected chi connectivity index (χ2v) is 7.42. The number of fused-ring (bicyclic) bond motifs is 1. The van der Waals surface area contributed by atoms with Crippen LogP contribution in [0.15, 0.2) is 71.3 Å². The Hall–Kier alpha value is -2.98. The van der Waals surface area contributed by atoms with Gasteiger partial charge in [-0.1, -0.05) is 18.2 Å². The Labute approximate surface area is 163 Å². The molecule has 0 aliphatic carbocycles. The van der Waals surface area contributed by atoms with Gasteiger partial charge in [0.25, 0.3) is 0 Å². The summed E-state index contributed by atoms with van der Waals surface area (Å²) in [5, 5.41) is 0.979. The maximum absolute atomic E-state index is 14.7. The van der Waals surface area contributed by atoms with E-state index in [1.54, 1.807) is 12.3 Å². The quantitative estimate of drug-likeness (QED) is 0.468. The van der Waals surface area contributed by atoms with Gasteiger partial charge in [-0.3, -0.25) is 9.88 Å². The van der Waals surface area contributed by atoms with Gasteiger partial charge >= 0.3 is 0 Å². The lowest BCUT2D eigenvalue weighted by Crippen LogP contribution is -2.36. The molecule has 2 aromatic carbocycles. The van der Waals surface area contributed by atoms with Gasteiger partial charge in [-0.15, -0.1) is 0 Å². The molecule has 0 spiro atoms. The second-order valence-electron chi connectivity index (χ2n) is 7.42. The van der Waals surface area contributed by atoms with Crippen molar-refractivity contribution < 1.29 is 8.81 Å². The minimum absolute atomic E-state index is 0.231. The van der Waals surface area contributed by atoms with Gasteiger partial charge in [-0.05, 0) is 73.1 Å². The van der Waals surface area contributed by atoms with E-state index < -0.39 is 0 Å². The summed E-state index contributed by atoms with van der Waals surface area (Å²) in [7, 11) is 0. The van der Waals surface area contributed by atoms with Crippen molar-refractivity contribution in [1.29, 1.82) is 0 Å². The van der Waals surface area contributed by atoms with E-state index in [-0.39, 0.29) is 5.82 Å². The van der Waals surface area contributed by atoms with Crippen LogP contribution >= 0.6 is 0 Å². The molecule has 4 aromatic rings. The lowest BCUT2D eigenvalue weighted by Gasteiger charge is -2.30. The molecular formula is C24H21FN2O. The molecule has 28 heavy (non-hydrogen) atoms. The molecule has 5 rings (SSSR count). The van der Waals surface area contributed by atoms with E-state index in [0.717, 1.165) is 53.8 Å². The normalized spacial score (nSPS) is 14.3. The molecule has 1 fully saturated rings. The molecule has 0 saturated carbocycles. The summed E-state index contributed by atoms with van der Waals surface area (Å²) in [4.78, 5) is 6.70. The maximum Gasteiger partial charge on any atom is 0.138 e. The number of hydrogen-bond acceptors (Lipinski definition) is 3. The molecule has 0 radical (unpaired) electrons. The van der Waals surface area contributed by atoms with Crippen LogP contribution < -0.4 is 0 Å². The summed E-state index contributed by atoms with van der Waals surface area (Å²) in [6, 6.07) is 19.4. The topological polar surface area (TPSA) is 29.3 Å². The van der Waals surface area contributed by atoms with Crippen LogP contribution in [0.2, 0.25) is 0 Å². The lowest BCUT2D eigenvalue weighted by molar-refractivity contribution is 0.172. The standard InChI is InChI=1S/C24H21FN2O/c25-22-14-18(16-27-10-3-11-27)5-7-21(22)24-15-19-12-17(6-8-23(19)28-24)13-20-4-1-2-9-26-20/h1-2,4-9,12,14-15H,3,10-11,13,16H2. The highest BCUT2D eigenvalue weighted by Gasteiger charge is 2.16. The largest absolute Gasteiger partial charge is 0.456 e. The van der Waals surface area contributed by atoms with E-state index in [4.69, 9.17) is 4.42 Å². The minimum atomic E-state index is -0.231. The molecule has 0 N–H and O–H groups in total. The lowest BCUT2D eigenvalue weighted by atomic mass is 10.1. The molecule has 140 valence electrons. The third-order valence-electron chi connectivity index (χ3n) is 5.35. The fourth-order valence-electron chi connectivity index (χ4n) is 3.70. The van der Waals surface area contributed by atoms with Crippen molar-refractivity contribution in [2.45, 2.75) is 19.4 Å². The fourth-order valence-corrected chi connectivity index (χ4v) is 3.70. The Balaban J connectivity index is 1.41. The fraction of sp³-hybridized carbons (Fsp3) is 0.208. The highest BCUT2D eigenvalue weighted by Crippen LogP contribution is 2.31. The summed E-state index contributed by atoms with van der Waals surface area (Å²) in [6.45, 7) is 3.02. The van der Waals surface area contributed by atoms with Crippen molar-refractivity contribution in [1.82, 2.24) is 9.88 Å². The van der Waals surface area contributed by atoms with Crippen molar-refractivity contribution in [2.24, 2.45) is 0 Å². The number of benzene rings is 2. The van der Waals surface area contributed by atoms with Crippen LogP contribution in [0.3, 0.4) is 0 Å². The average molecular weight is 372 g/mol. The summed E-state index contributed by atoms with van der Waals surface area (Å²) >= 11 is 0. The SMILES string of the molecule is Fc1cc(CN2CCC2)ccc1-c1cc2cc(Cc3ccccn3)ccc2o1. The van der Waals surface area contributed by atoms with Crippen LogP contribution in [0.4, 0.5) is 4.39 Å². The molecule has 2 aromatic heterocycles. The molecule has 1 aliphatic heterocycles. The van der Waals surface area contributed by atoms with E-state index in [2.05, 4.69) is 16.0 Å². The Bertz CT molecular complexity index is 1120. The molecule has 0 atom stereocenters. The Morgan fingerprint density at radius 1 is 0.964 bits per heavy atom. The zero-order valence-electron chi connectivity index (χ0n) is 15.6. The summed E-state index contributed by atoms with van der Waals surface area (Å²) in [5.74, 6) is 0.337. The number of halogens is 1. The van der Waals surface area contributed by atoms with Crippen molar-refractivity contribution in [3.8, 4) is 11.3 Å². The van der Waals surface area contributed by atoms with Crippen LogP contribution in [0.25, 0.3) is 22.3 Å². The first-order valence-corrected chi connectivity index (χ1v) is 9.68. The van der Waals surface area contributed by atoms with Crippen molar-refractivity contribution >= 4 is 11.0 Å². The first-order chi connectivity index (χ1) is 13.7. The van der Waals surface area contributed by atoms with Crippen molar-refractivity contribution in [3.63, 3.8) is 0 Å². The van der Waals surface area contributed by atoms with Crippen molar-refractivity contribution in [3.05, 3.63) is 89.5 Å². The first kappa shape index (κ1) is 17.1. The Morgan fingerprint density at radius 3 is 2.61 bits per heavy atom. The number of likely N-dealkylation sites (tertiary alicyclic amines) is 1. The van der Waals surface area contributed by atoms with Gasteiger partial charge in [-0.25, -0.2) is 4.39 Å². The molecule has 4 heteroatoms. The van der Waals surface area contributed by atoms with E-state index in [1.807, 2.05) is 48.5 Å². The van der Waals surface area contributed by atoms with Gasteiger partial charge in [0.05, 0.1) is 5.56 Å². The summed E-state index contributed by atoms with van der Waals surface area (Å²) in [6.07, 6.45) is 3.80. The summed E-state index contributed by atoms with van der Waals surface area (Å²) in [5.41, 5.74) is 4.46. The average Bonchev–Trinajstić information content (AvgIpc) is 3.08. The zero-order valence-corrected chi connectivity index (χ0v) is 15.6.